The van der Waals surface area contributed by atoms with Gasteiger partial charge >= 0.3 is 0 Å². The number of benzene rings is 3. The van der Waals surface area contributed by atoms with Crippen LogP contribution in [-0.2, 0) is 11.4 Å². The number of carbonyl (C=O) groups is 1. The van der Waals surface area contributed by atoms with E-state index in [4.69, 9.17) is 28.6 Å². The molecule has 0 aromatic heterocycles. The lowest BCUT2D eigenvalue weighted by molar-refractivity contribution is -0.384. The Kier molecular flexibility index (Phi) is 6.73. The second kappa shape index (κ2) is 9.70. The van der Waals surface area contributed by atoms with E-state index in [0.717, 1.165) is 22.9 Å². The van der Waals surface area contributed by atoms with Gasteiger partial charge in [0.1, 0.15) is 18.2 Å². The Morgan fingerprint density at radius 3 is 2.45 bits per heavy atom. The highest BCUT2D eigenvalue weighted by Gasteiger charge is 2.33. The minimum absolute atomic E-state index is 0.0241. The van der Waals surface area contributed by atoms with Crippen molar-refractivity contribution in [3.63, 3.8) is 0 Å². The molecule has 1 heterocycles. The number of non-ortho nitro benzene ring substituents is 1. The second-order valence-electron chi connectivity index (χ2n) is 6.90. The standard InChI is InChI=1S/C23H14ClFN2O4S2/c24-19-12-17(7-10-20(19)25)26-22(28)21(33-23(26)32)11-14-3-8-18(9-4-14)31-13-15-1-5-16(6-2-15)27(29)30/h1-12H,13H2/b21-11+. The first-order valence-electron chi connectivity index (χ1n) is 9.51. The number of nitrogens with zero attached hydrogens (tertiary/aromatic N) is 2. The summed E-state index contributed by atoms with van der Waals surface area (Å²) in [6.07, 6.45) is 1.71. The molecule has 3 aromatic rings. The number of nitro benzene ring substituents is 1. The quantitative estimate of drug-likeness (QED) is 0.169. The number of hydrogen-bond donors (Lipinski definition) is 0. The molecule has 0 unspecified atom stereocenters. The summed E-state index contributed by atoms with van der Waals surface area (Å²) in [6, 6.07) is 17.3. The van der Waals surface area contributed by atoms with Gasteiger partial charge in [0.15, 0.2) is 4.32 Å². The number of halogens is 2. The van der Waals surface area contributed by atoms with Crippen LogP contribution in [0.2, 0.25) is 5.02 Å². The maximum absolute atomic E-state index is 13.5. The molecule has 0 atom stereocenters. The molecule has 0 N–H and O–H groups in total. The van der Waals surface area contributed by atoms with Crippen molar-refractivity contribution in [1.29, 1.82) is 0 Å². The molecule has 1 fully saturated rings. The van der Waals surface area contributed by atoms with Gasteiger partial charge in [-0.3, -0.25) is 19.8 Å². The minimum Gasteiger partial charge on any atom is -0.489 e. The Hall–Kier alpha value is -3.27. The number of rotatable bonds is 6. The van der Waals surface area contributed by atoms with E-state index in [1.54, 1.807) is 42.5 Å². The summed E-state index contributed by atoms with van der Waals surface area (Å²) >= 11 is 12.3. The zero-order valence-corrected chi connectivity index (χ0v) is 19.1. The lowest BCUT2D eigenvalue weighted by Crippen LogP contribution is -2.27. The number of amides is 1. The van der Waals surface area contributed by atoms with Crippen molar-refractivity contribution in [2.75, 3.05) is 4.90 Å². The highest BCUT2D eigenvalue weighted by Crippen LogP contribution is 2.37. The maximum atomic E-state index is 13.5. The fourth-order valence-corrected chi connectivity index (χ4v) is 4.48. The monoisotopic (exact) mass is 500 g/mol. The molecular formula is C23H14ClFN2O4S2. The van der Waals surface area contributed by atoms with Crippen molar-refractivity contribution >= 4 is 63.3 Å². The van der Waals surface area contributed by atoms with Crippen LogP contribution in [-0.4, -0.2) is 15.2 Å². The predicted octanol–water partition coefficient (Wildman–Crippen LogP) is 6.37. The summed E-state index contributed by atoms with van der Waals surface area (Å²) < 4.78 is 19.5. The van der Waals surface area contributed by atoms with Crippen molar-refractivity contribution in [2.24, 2.45) is 0 Å². The molecule has 6 nitrogen and oxygen atoms in total. The summed E-state index contributed by atoms with van der Waals surface area (Å²) in [7, 11) is 0. The van der Waals surface area contributed by atoms with Crippen LogP contribution in [0.3, 0.4) is 0 Å². The van der Waals surface area contributed by atoms with E-state index in [1.165, 1.54) is 35.2 Å². The van der Waals surface area contributed by atoms with Crippen LogP contribution in [0.4, 0.5) is 15.8 Å². The lowest BCUT2D eigenvalue weighted by atomic mass is 10.2. The number of carbonyl (C=O) groups excluding carboxylic acids is 1. The van der Waals surface area contributed by atoms with Crippen molar-refractivity contribution in [2.45, 2.75) is 6.61 Å². The van der Waals surface area contributed by atoms with Crippen LogP contribution in [0.15, 0.2) is 71.6 Å². The maximum Gasteiger partial charge on any atom is 0.270 e. The van der Waals surface area contributed by atoms with E-state index >= 15 is 0 Å². The molecule has 33 heavy (non-hydrogen) atoms. The van der Waals surface area contributed by atoms with Gasteiger partial charge < -0.3 is 4.74 Å². The zero-order chi connectivity index (χ0) is 23.5. The van der Waals surface area contributed by atoms with Gasteiger partial charge in [-0.25, -0.2) is 4.39 Å². The van der Waals surface area contributed by atoms with Crippen molar-refractivity contribution in [3.05, 3.63) is 104 Å². The third-order valence-corrected chi connectivity index (χ3v) is 6.28. The third-order valence-electron chi connectivity index (χ3n) is 4.69. The molecule has 0 aliphatic carbocycles. The van der Waals surface area contributed by atoms with Gasteiger partial charge in [0.05, 0.1) is 20.5 Å². The molecule has 0 radical (unpaired) electrons. The molecular weight excluding hydrogens is 487 g/mol. The van der Waals surface area contributed by atoms with Crippen molar-refractivity contribution in [3.8, 4) is 5.75 Å². The first-order valence-corrected chi connectivity index (χ1v) is 11.1. The van der Waals surface area contributed by atoms with Crippen LogP contribution in [0.5, 0.6) is 5.75 Å². The molecule has 0 bridgehead atoms. The van der Waals surface area contributed by atoms with Crippen LogP contribution < -0.4 is 9.64 Å². The van der Waals surface area contributed by atoms with Gasteiger partial charge in [-0.1, -0.05) is 47.7 Å². The summed E-state index contributed by atoms with van der Waals surface area (Å²) in [5.41, 5.74) is 2.00. The van der Waals surface area contributed by atoms with E-state index in [0.29, 0.717) is 20.7 Å². The van der Waals surface area contributed by atoms with E-state index in [1.807, 2.05) is 0 Å². The summed E-state index contributed by atoms with van der Waals surface area (Å²) in [5, 5.41) is 10.6. The molecule has 10 heteroatoms. The second-order valence-corrected chi connectivity index (χ2v) is 8.98. The highest BCUT2D eigenvalue weighted by molar-refractivity contribution is 8.27. The number of anilines is 1. The number of ether oxygens (including phenoxy) is 1. The van der Waals surface area contributed by atoms with Crippen LogP contribution in [0, 0.1) is 15.9 Å². The molecule has 1 saturated heterocycles. The Balaban J connectivity index is 1.43. The highest BCUT2D eigenvalue weighted by atomic mass is 35.5. The third kappa shape index (κ3) is 5.22. The number of nitro groups is 1. The number of thioether (sulfide) groups is 1. The summed E-state index contributed by atoms with van der Waals surface area (Å²) in [5.74, 6) is -0.275. The first kappa shape index (κ1) is 22.9. The van der Waals surface area contributed by atoms with Crippen LogP contribution in [0.25, 0.3) is 6.08 Å². The van der Waals surface area contributed by atoms with Crippen molar-refractivity contribution in [1.82, 2.24) is 0 Å². The topological polar surface area (TPSA) is 72.7 Å². The summed E-state index contributed by atoms with van der Waals surface area (Å²) in [4.78, 5) is 24.9. The Labute approximate surface area is 202 Å². The molecule has 0 saturated carbocycles. The SMILES string of the molecule is O=C1/C(=C\c2ccc(OCc3ccc([N+](=O)[O-])cc3)cc2)SC(=S)N1c1ccc(F)c(Cl)c1. The molecule has 3 aromatic carbocycles. The van der Waals surface area contributed by atoms with E-state index in [2.05, 4.69) is 0 Å². The van der Waals surface area contributed by atoms with E-state index in [-0.39, 0.29) is 23.2 Å². The molecule has 1 aliphatic rings. The first-order chi connectivity index (χ1) is 15.8. The van der Waals surface area contributed by atoms with E-state index in [9.17, 15) is 19.3 Å². The van der Waals surface area contributed by atoms with Gasteiger partial charge in [-0.2, -0.15) is 0 Å². The Bertz CT molecular complexity index is 1280. The molecule has 1 aliphatic heterocycles. The largest absolute Gasteiger partial charge is 0.489 e. The molecule has 166 valence electrons. The Morgan fingerprint density at radius 2 is 1.82 bits per heavy atom. The molecule has 0 spiro atoms. The van der Waals surface area contributed by atoms with E-state index < -0.39 is 10.7 Å². The fourth-order valence-electron chi connectivity index (χ4n) is 3.01. The summed E-state index contributed by atoms with van der Waals surface area (Å²) in [6.45, 7) is 0.260. The zero-order valence-electron chi connectivity index (χ0n) is 16.7. The number of hydrogen-bond acceptors (Lipinski definition) is 6. The normalized spacial score (nSPS) is 14.7. The van der Waals surface area contributed by atoms with Gasteiger partial charge in [0, 0.05) is 12.1 Å². The Morgan fingerprint density at radius 1 is 1.12 bits per heavy atom. The average molecular weight is 501 g/mol. The van der Waals surface area contributed by atoms with Crippen LogP contribution in [0.1, 0.15) is 11.1 Å². The molecule has 1 amide bonds. The van der Waals surface area contributed by atoms with Crippen LogP contribution >= 0.6 is 35.6 Å². The van der Waals surface area contributed by atoms with Gasteiger partial charge in [0.25, 0.3) is 11.6 Å². The minimum atomic E-state index is -0.572. The smallest absolute Gasteiger partial charge is 0.270 e. The fraction of sp³-hybridized carbons (Fsp3) is 0.0435. The predicted molar refractivity (Wildman–Crippen MR) is 131 cm³/mol. The number of thiocarbonyl (C=S) groups is 1. The molecule has 4 rings (SSSR count). The van der Waals surface area contributed by atoms with Gasteiger partial charge in [-0.05, 0) is 59.7 Å². The van der Waals surface area contributed by atoms with Gasteiger partial charge in [-0.15, -0.1) is 0 Å². The van der Waals surface area contributed by atoms with Crippen molar-refractivity contribution < 1.29 is 18.8 Å². The van der Waals surface area contributed by atoms with Gasteiger partial charge in [0.2, 0.25) is 0 Å². The average Bonchev–Trinajstić information content (AvgIpc) is 3.08. The lowest BCUT2D eigenvalue weighted by Gasteiger charge is -2.14.